The maximum atomic E-state index is 5.75. The van der Waals surface area contributed by atoms with Crippen LogP contribution in [0.25, 0.3) is 0 Å². The van der Waals surface area contributed by atoms with Crippen molar-refractivity contribution in [3.8, 4) is 0 Å². The third kappa shape index (κ3) is 4.73. The Labute approximate surface area is 76.7 Å². The molecule has 0 saturated heterocycles. The minimum atomic E-state index is 0.343. The fourth-order valence-corrected chi connectivity index (χ4v) is 1.46. The number of nitrogens with two attached hydrogens (primary N) is 2. The number of unbranched alkanes of at least 4 members (excludes halogenated alkanes) is 1. The highest BCUT2D eigenvalue weighted by atomic mass is 14.6. The molecule has 0 aromatic rings. The van der Waals surface area contributed by atoms with Gasteiger partial charge in [-0.05, 0) is 37.8 Å². The van der Waals surface area contributed by atoms with Crippen LogP contribution in [-0.4, -0.2) is 13.1 Å². The van der Waals surface area contributed by atoms with Gasteiger partial charge in [0.15, 0.2) is 0 Å². The summed E-state index contributed by atoms with van der Waals surface area (Å²) in [7, 11) is 0. The van der Waals surface area contributed by atoms with E-state index in [1.54, 1.807) is 0 Å². The van der Waals surface area contributed by atoms with Gasteiger partial charge in [0.2, 0.25) is 0 Å². The molecule has 0 aliphatic rings. The van der Waals surface area contributed by atoms with Crippen LogP contribution >= 0.6 is 0 Å². The van der Waals surface area contributed by atoms with Crippen LogP contribution in [0.15, 0.2) is 0 Å². The lowest BCUT2D eigenvalue weighted by Crippen LogP contribution is -2.27. The minimum absolute atomic E-state index is 0.343. The van der Waals surface area contributed by atoms with Gasteiger partial charge in [-0.3, -0.25) is 0 Å². The highest BCUT2D eigenvalue weighted by Gasteiger charge is 2.20. The van der Waals surface area contributed by atoms with Gasteiger partial charge in [-0.15, -0.1) is 0 Å². The lowest BCUT2D eigenvalue weighted by atomic mass is 9.81. The van der Waals surface area contributed by atoms with Crippen molar-refractivity contribution in [1.82, 2.24) is 0 Å². The van der Waals surface area contributed by atoms with Crippen LogP contribution in [0.5, 0.6) is 0 Å². The van der Waals surface area contributed by atoms with Crippen molar-refractivity contribution < 1.29 is 0 Å². The Kier molecular flexibility index (Phi) is 6.39. The van der Waals surface area contributed by atoms with Crippen LogP contribution in [0.3, 0.4) is 0 Å². The smallest absolute Gasteiger partial charge is 0.00232 e. The molecule has 1 unspecified atom stereocenters. The second-order valence-electron chi connectivity index (χ2n) is 4.01. The van der Waals surface area contributed by atoms with Crippen molar-refractivity contribution in [3.05, 3.63) is 0 Å². The van der Waals surface area contributed by atoms with Gasteiger partial charge in [-0.1, -0.05) is 26.7 Å². The lowest BCUT2D eigenvalue weighted by molar-refractivity contribution is 0.269. The van der Waals surface area contributed by atoms with Gasteiger partial charge in [-0.2, -0.15) is 0 Å². The van der Waals surface area contributed by atoms with E-state index >= 15 is 0 Å². The van der Waals surface area contributed by atoms with Crippen LogP contribution < -0.4 is 11.5 Å². The van der Waals surface area contributed by atoms with Crippen LogP contribution in [0, 0.1) is 5.41 Å². The van der Waals surface area contributed by atoms with Crippen molar-refractivity contribution in [2.24, 2.45) is 16.9 Å². The molecular weight excluding hydrogens is 148 g/mol. The van der Waals surface area contributed by atoms with Gasteiger partial charge < -0.3 is 11.5 Å². The summed E-state index contributed by atoms with van der Waals surface area (Å²) in [5, 5.41) is 0. The molecule has 4 N–H and O–H groups in total. The highest BCUT2D eigenvalue weighted by molar-refractivity contribution is 4.75. The Morgan fingerprint density at radius 1 is 1.08 bits per heavy atom. The van der Waals surface area contributed by atoms with E-state index in [0.717, 1.165) is 19.5 Å². The van der Waals surface area contributed by atoms with Gasteiger partial charge in [0.05, 0.1) is 0 Å². The summed E-state index contributed by atoms with van der Waals surface area (Å²) in [6, 6.07) is 0. The van der Waals surface area contributed by atoms with Crippen LogP contribution in [0.4, 0.5) is 0 Å². The van der Waals surface area contributed by atoms with Gasteiger partial charge in [0.1, 0.15) is 0 Å². The Morgan fingerprint density at radius 2 is 1.67 bits per heavy atom. The van der Waals surface area contributed by atoms with Crippen LogP contribution in [0.2, 0.25) is 0 Å². The topological polar surface area (TPSA) is 52.0 Å². The molecule has 2 heteroatoms. The molecular formula is C10H24N2. The third-order valence-corrected chi connectivity index (χ3v) is 2.61. The number of rotatable bonds is 7. The highest BCUT2D eigenvalue weighted by Crippen LogP contribution is 2.27. The summed E-state index contributed by atoms with van der Waals surface area (Å²) < 4.78 is 0. The van der Waals surface area contributed by atoms with E-state index < -0.39 is 0 Å². The Morgan fingerprint density at radius 3 is 2.08 bits per heavy atom. The van der Waals surface area contributed by atoms with E-state index in [9.17, 15) is 0 Å². The fraction of sp³-hybridized carbons (Fsp3) is 1.00. The molecule has 0 saturated carbocycles. The molecule has 0 spiro atoms. The number of hydrogen-bond donors (Lipinski definition) is 2. The Balaban J connectivity index is 3.70. The van der Waals surface area contributed by atoms with E-state index in [1.165, 1.54) is 25.7 Å². The maximum absolute atomic E-state index is 5.75. The molecule has 0 aromatic heterocycles. The molecule has 74 valence electrons. The predicted molar refractivity (Wildman–Crippen MR) is 55.0 cm³/mol. The Hall–Kier alpha value is -0.0800. The van der Waals surface area contributed by atoms with Gasteiger partial charge in [-0.25, -0.2) is 0 Å². The first kappa shape index (κ1) is 11.9. The summed E-state index contributed by atoms with van der Waals surface area (Å²) in [4.78, 5) is 0. The summed E-state index contributed by atoms with van der Waals surface area (Å²) >= 11 is 0. The molecule has 2 nitrogen and oxygen atoms in total. The van der Waals surface area contributed by atoms with E-state index in [4.69, 9.17) is 11.5 Å². The number of hydrogen-bond acceptors (Lipinski definition) is 2. The van der Waals surface area contributed by atoms with Crippen molar-refractivity contribution in [2.45, 2.75) is 46.0 Å². The average Bonchev–Trinajstić information content (AvgIpc) is 2.11. The molecule has 0 aromatic carbocycles. The van der Waals surface area contributed by atoms with E-state index in [2.05, 4.69) is 13.8 Å². The fourth-order valence-electron chi connectivity index (χ4n) is 1.46. The zero-order valence-electron chi connectivity index (χ0n) is 8.60. The standard InChI is InChI=1S/C10H24N2/c1-3-4-6-10(2,9-12)7-5-8-11/h3-9,11-12H2,1-2H3. The molecule has 1 atom stereocenters. The second-order valence-corrected chi connectivity index (χ2v) is 4.01. The minimum Gasteiger partial charge on any atom is -0.330 e. The molecule has 12 heavy (non-hydrogen) atoms. The van der Waals surface area contributed by atoms with E-state index in [-0.39, 0.29) is 0 Å². The Bertz CT molecular complexity index is 94.0. The van der Waals surface area contributed by atoms with Crippen molar-refractivity contribution in [3.63, 3.8) is 0 Å². The van der Waals surface area contributed by atoms with Gasteiger partial charge in [0.25, 0.3) is 0 Å². The summed E-state index contributed by atoms with van der Waals surface area (Å²) in [5.74, 6) is 0. The monoisotopic (exact) mass is 172 g/mol. The zero-order valence-corrected chi connectivity index (χ0v) is 8.60. The summed E-state index contributed by atoms with van der Waals surface area (Å²) in [6.07, 6.45) is 6.09. The largest absolute Gasteiger partial charge is 0.330 e. The second kappa shape index (κ2) is 6.44. The summed E-state index contributed by atoms with van der Waals surface area (Å²) in [6.45, 7) is 6.09. The molecule has 0 bridgehead atoms. The summed E-state index contributed by atoms with van der Waals surface area (Å²) in [5.41, 5.74) is 11.6. The molecule has 0 fully saturated rings. The zero-order chi connectivity index (χ0) is 9.45. The maximum Gasteiger partial charge on any atom is -0.00232 e. The van der Waals surface area contributed by atoms with Crippen molar-refractivity contribution in [1.29, 1.82) is 0 Å². The van der Waals surface area contributed by atoms with Gasteiger partial charge >= 0.3 is 0 Å². The predicted octanol–water partition coefficient (Wildman–Crippen LogP) is 1.88. The lowest BCUT2D eigenvalue weighted by Gasteiger charge is -2.27. The van der Waals surface area contributed by atoms with Crippen molar-refractivity contribution in [2.75, 3.05) is 13.1 Å². The normalized spacial score (nSPS) is 16.0. The first-order valence-electron chi connectivity index (χ1n) is 5.08. The first-order chi connectivity index (χ1) is 5.68. The van der Waals surface area contributed by atoms with E-state index in [1.807, 2.05) is 0 Å². The quantitative estimate of drug-likeness (QED) is 0.616. The molecule has 0 heterocycles. The molecule has 0 aliphatic heterocycles. The van der Waals surface area contributed by atoms with Gasteiger partial charge in [0, 0.05) is 0 Å². The average molecular weight is 172 g/mol. The first-order valence-corrected chi connectivity index (χ1v) is 5.08. The van der Waals surface area contributed by atoms with Crippen LogP contribution in [-0.2, 0) is 0 Å². The molecule has 0 rings (SSSR count). The molecule has 0 radical (unpaired) electrons. The SMILES string of the molecule is CCCCC(C)(CN)CCCN. The third-order valence-electron chi connectivity index (χ3n) is 2.61. The molecule has 0 amide bonds. The van der Waals surface area contributed by atoms with Crippen LogP contribution in [0.1, 0.15) is 46.0 Å². The van der Waals surface area contributed by atoms with E-state index in [0.29, 0.717) is 5.41 Å². The molecule has 0 aliphatic carbocycles. The van der Waals surface area contributed by atoms with Crippen molar-refractivity contribution >= 4 is 0 Å².